The number of carbonyl (C=O) groups excluding carboxylic acids is 2. The van der Waals surface area contributed by atoms with Crippen LogP contribution in [0.1, 0.15) is 86.8 Å². The minimum Gasteiger partial charge on any atom is -0.462 e. The van der Waals surface area contributed by atoms with Crippen molar-refractivity contribution in [2.24, 2.45) is 23.7 Å². The number of cyclic esters (lactones) is 1. The zero-order valence-electron chi connectivity index (χ0n) is 40.7. The smallest absolute Gasteiger partial charge is 0.308 e. The molecule has 19 nitrogen and oxygen atoms in total. The number of esters is 1. The summed E-state index contributed by atoms with van der Waals surface area (Å²) >= 11 is 0. The highest BCUT2D eigenvalue weighted by Crippen LogP contribution is 2.36. The molecule has 0 saturated carbocycles. The summed E-state index contributed by atoms with van der Waals surface area (Å²) in [7, 11) is 10.4. The van der Waals surface area contributed by atoms with Gasteiger partial charge in [-0.3, -0.25) is 14.5 Å². The average molecular weight is 937 g/mol. The summed E-state index contributed by atoms with van der Waals surface area (Å²) in [6, 6.07) is -0.850. The summed E-state index contributed by atoms with van der Waals surface area (Å²) < 4.78 is 55.8. The zero-order valence-corrected chi connectivity index (χ0v) is 40.7. The summed E-state index contributed by atoms with van der Waals surface area (Å²) in [5.41, 5.74) is 1.33. The van der Waals surface area contributed by atoms with E-state index in [1.54, 1.807) is 45.0 Å². The Bertz CT molecular complexity index is 1680. The SMILES string of the molecule is [B]n1cc(CCN(C)C2[C@@H](O)C(C)OC(O[C@H]3[C@@H](CC(OCC)OCC)C[C@H](C)C(=O)/C=C/C(C)=C/[C@H](COC4OC(C)C(O)C(OC)C4OC)[C@@H](CC)OC(=O)C[C@@H](O)[C@H]3C)[C@@H]2O)nn1. The molecule has 1 aromatic heterocycles. The highest BCUT2D eigenvalue weighted by molar-refractivity contribution is 6.05. The number of aliphatic hydroxyl groups is 4. The fraction of sp³-hybridized carbons (Fsp3) is 0.826. The first-order chi connectivity index (χ1) is 31.4. The van der Waals surface area contributed by atoms with Gasteiger partial charge in [0.15, 0.2) is 24.7 Å². The number of rotatable bonds is 18. The molecule has 0 aromatic carbocycles. The number of ether oxygens (including phenoxy) is 9. The molecule has 0 bridgehead atoms. The molecule has 0 amide bonds. The molecule has 2 saturated heterocycles. The van der Waals surface area contributed by atoms with Gasteiger partial charge in [0, 0.05) is 70.8 Å². The van der Waals surface area contributed by atoms with Crippen molar-refractivity contribution in [3.05, 3.63) is 35.7 Å². The second-order valence-corrected chi connectivity index (χ2v) is 18.0. The molecular weight excluding hydrogens is 859 g/mol. The van der Waals surface area contributed by atoms with Gasteiger partial charge in [-0.2, -0.15) is 0 Å². The highest BCUT2D eigenvalue weighted by Gasteiger charge is 2.49. The van der Waals surface area contributed by atoms with E-state index in [1.807, 2.05) is 40.7 Å². The van der Waals surface area contributed by atoms with Gasteiger partial charge in [0.1, 0.15) is 30.5 Å². The molecule has 66 heavy (non-hydrogen) atoms. The maximum absolute atomic E-state index is 14.0. The van der Waals surface area contributed by atoms with Gasteiger partial charge in [-0.05, 0) is 66.5 Å². The Hall–Kier alpha value is -2.70. The number of aliphatic hydroxyl groups excluding tert-OH is 4. The molecule has 4 rings (SSSR count). The Balaban J connectivity index is 1.69. The van der Waals surface area contributed by atoms with Crippen molar-refractivity contribution in [2.75, 3.05) is 47.6 Å². The van der Waals surface area contributed by atoms with Gasteiger partial charge < -0.3 is 67.7 Å². The van der Waals surface area contributed by atoms with E-state index in [1.165, 1.54) is 20.3 Å². The van der Waals surface area contributed by atoms with E-state index in [9.17, 15) is 30.0 Å². The van der Waals surface area contributed by atoms with Crippen LogP contribution < -0.4 is 0 Å². The Morgan fingerprint density at radius 3 is 2.17 bits per heavy atom. The predicted molar refractivity (Wildman–Crippen MR) is 241 cm³/mol. The number of ketones is 1. The number of hydrogen-bond donors (Lipinski definition) is 4. The molecule has 4 heterocycles. The quantitative estimate of drug-likeness (QED) is 0.0936. The molecule has 3 aliphatic heterocycles. The minimum absolute atomic E-state index is 0.00476. The van der Waals surface area contributed by atoms with Crippen LogP contribution in [0, 0.1) is 23.7 Å². The summed E-state index contributed by atoms with van der Waals surface area (Å²) in [5, 5.41) is 53.9. The molecule has 374 valence electrons. The number of nitrogens with zero attached hydrogens (tertiary/aromatic N) is 4. The van der Waals surface area contributed by atoms with Crippen LogP contribution in [-0.4, -0.2) is 194 Å². The van der Waals surface area contributed by atoms with Gasteiger partial charge in [-0.25, -0.2) is 0 Å². The van der Waals surface area contributed by atoms with Crippen LogP contribution in [0.25, 0.3) is 0 Å². The topological polar surface area (TPSA) is 232 Å². The van der Waals surface area contributed by atoms with Crippen LogP contribution in [0.3, 0.4) is 0 Å². The van der Waals surface area contributed by atoms with Gasteiger partial charge in [0.25, 0.3) is 7.98 Å². The lowest BCUT2D eigenvalue weighted by molar-refractivity contribution is -0.307. The van der Waals surface area contributed by atoms with E-state index >= 15 is 0 Å². The average Bonchev–Trinajstić information content (AvgIpc) is 3.70. The number of allylic oxidation sites excluding steroid dienone is 3. The van der Waals surface area contributed by atoms with E-state index in [-0.39, 0.29) is 25.2 Å². The van der Waals surface area contributed by atoms with Crippen molar-refractivity contribution in [3.63, 3.8) is 0 Å². The van der Waals surface area contributed by atoms with Crippen molar-refractivity contribution in [3.8, 4) is 0 Å². The van der Waals surface area contributed by atoms with Crippen molar-refractivity contribution in [1.29, 1.82) is 0 Å². The summed E-state index contributed by atoms with van der Waals surface area (Å²) in [5.74, 6) is -3.30. The molecular formula is C46H77BN4O15. The Labute approximate surface area is 391 Å². The molecule has 0 spiro atoms. The third-order valence-electron chi connectivity index (χ3n) is 13.1. The highest BCUT2D eigenvalue weighted by atomic mass is 16.7. The Morgan fingerprint density at radius 1 is 0.909 bits per heavy atom. The standard InChI is InChI=1S/C46H77BN4O15/c1-12-35-31(24-62-46-44(59-11)43(58-10)40(56)29(8)64-46)19-25(4)15-16-33(52)26(5)20-30(21-37(60-13-2)61-14-3)42(27(6)34(53)22-36(54)65-35)66-45-41(57)38(39(55)28(7)63-45)50(9)18-17-32-23-51(47)49-48-32/h15-16,19,23,26-31,34-35,37-46,53,55-57H,12-14,17-18,20-22,24H2,1-11H3/b16-15+,25-19+/t26-,27+,28?,29?,30+,31+,34+,35+,38?,39-,40?,41+,42+,43?,44?,45?,46?/m0/s1. The van der Waals surface area contributed by atoms with Gasteiger partial charge >= 0.3 is 5.97 Å². The van der Waals surface area contributed by atoms with Crippen molar-refractivity contribution in [2.45, 2.75) is 173 Å². The second kappa shape index (κ2) is 26.9. The maximum atomic E-state index is 14.0. The van der Waals surface area contributed by atoms with Gasteiger partial charge in [-0.15, -0.1) is 5.10 Å². The van der Waals surface area contributed by atoms with Gasteiger partial charge in [-0.1, -0.05) is 43.7 Å². The monoisotopic (exact) mass is 937 g/mol. The number of methoxy groups -OCH3 is 2. The minimum atomic E-state index is -1.38. The fourth-order valence-corrected chi connectivity index (χ4v) is 9.22. The number of carbonyl (C=O) groups is 2. The van der Waals surface area contributed by atoms with E-state index in [2.05, 4.69) is 10.3 Å². The van der Waals surface area contributed by atoms with Crippen molar-refractivity contribution >= 4 is 19.7 Å². The lowest BCUT2D eigenvalue weighted by Crippen LogP contribution is -2.64. The summed E-state index contributed by atoms with van der Waals surface area (Å²) in [6.07, 6.45) is -4.77. The summed E-state index contributed by atoms with van der Waals surface area (Å²) in [6.45, 7) is 15.4. The van der Waals surface area contributed by atoms with E-state index < -0.39 is 122 Å². The molecule has 0 aliphatic carbocycles. The third kappa shape index (κ3) is 15.2. The van der Waals surface area contributed by atoms with Gasteiger partial charge in [0.2, 0.25) is 0 Å². The molecule has 2 fully saturated rings. The first-order valence-corrected chi connectivity index (χ1v) is 23.4. The largest absolute Gasteiger partial charge is 0.462 e. The first-order valence-electron chi connectivity index (χ1n) is 23.4. The van der Waals surface area contributed by atoms with Crippen LogP contribution in [-0.2, 0) is 58.6 Å². The zero-order chi connectivity index (χ0) is 48.8. The molecule has 4 N–H and O–H groups in total. The van der Waals surface area contributed by atoms with Crippen LogP contribution in [0.15, 0.2) is 30.0 Å². The molecule has 1 aromatic rings. The maximum Gasteiger partial charge on any atom is 0.308 e. The third-order valence-corrected chi connectivity index (χ3v) is 13.1. The van der Waals surface area contributed by atoms with Crippen molar-refractivity contribution in [1.82, 2.24) is 19.8 Å². The van der Waals surface area contributed by atoms with Crippen LogP contribution >= 0.6 is 0 Å². The predicted octanol–water partition coefficient (Wildman–Crippen LogP) is 1.90. The van der Waals surface area contributed by atoms with Crippen LogP contribution in [0.5, 0.6) is 0 Å². The van der Waals surface area contributed by atoms with Gasteiger partial charge in [0.05, 0.1) is 55.3 Å². The normalized spacial score (nSPS) is 38.0. The molecule has 2 radical (unpaired) electrons. The van der Waals surface area contributed by atoms with E-state index in [0.717, 1.165) is 4.59 Å². The van der Waals surface area contributed by atoms with Crippen LogP contribution in [0.2, 0.25) is 0 Å². The Kier molecular flexibility index (Phi) is 22.8. The number of likely N-dealkylation sites (N-methyl/N-ethyl adjacent to an activating group) is 1. The van der Waals surface area contributed by atoms with E-state index in [0.29, 0.717) is 43.9 Å². The van der Waals surface area contributed by atoms with Crippen molar-refractivity contribution < 1.29 is 72.6 Å². The summed E-state index contributed by atoms with van der Waals surface area (Å²) in [4.78, 5) is 29.8. The molecule has 8 unspecified atom stereocenters. The molecule has 3 aliphatic rings. The number of hydrogen-bond acceptors (Lipinski definition) is 18. The lowest BCUT2D eigenvalue weighted by Gasteiger charge is -2.47. The fourth-order valence-electron chi connectivity index (χ4n) is 9.22. The number of aromatic nitrogens is 3. The Morgan fingerprint density at radius 2 is 1.56 bits per heavy atom. The van der Waals surface area contributed by atoms with Crippen LogP contribution in [0.4, 0.5) is 0 Å². The second-order valence-electron chi connectivity index (χ2n) is 18.0. The van der Waals surface area contributed by atoms with E-state index in [4.69, 9.17) is 50.6 Å². The molecule has 17 atom stereocenters. The first kappa shape index (κ1) is 55.9. The molecule has 20 heteroatoms. The lowest BCUT2D eigenvalue weighted by atomic mass is 9.79.